The van der Waals surface area contributed by atoms with Crippen LogP contribution in [0, 0.1) is 12.8 Å². The number of halogens is 1. The predicted octanol–water partition coefficient (Wildman–Crippen LogP) is 4.09. The van der Waals surface area contributed by atoms with Crippen LogP contribution in [0.4, 0.5) is 0 Å². The molecule has 26 heavy (non-hydrogen) atoms. The number of amides is 1. The van der Waals surface area contributed by atoms with Crippen LogP contribution < -0.4 is 5.73 Å². The number of primary amides is 1. The van der Waals surface area contributed by atoms with Gasteiger partial charge in [-0.05, 0) is 61.2 Å². The molecule has 0 spiro atoms. The standard InChI is InChI=1S/C22H26N2O.ClH/c1-3-24-11-10-18-20(13-24)17-9-4-14(2)12-19(17)21(18)15-5-7-16(8-6-15)22(23)25;/h4-9,12,18,20-21H,3,10-11,13H2,1-2H3,(H2,23,25);1H/t18-,20-,21+;/m1./s1. The number of carbonyl (C=O) groups is 1. The summed E-state index contributed by atoms with van der Waals surface area (Å²) >= 11 is 0. The van der Waals surface area contributed by atoms with E-state index in [-0.39, 0.29) is 18.3 Å². The van der Waals surface area contributed by atoms with Gasteiger partial charge in [-0.2, -0.15) is 0 Å². The number of hydrogen-bond donors (Lipinski definition) is 1. The molecule has 0 bridgehead atoms. The summed E-state index contributed by atoms with van der Waals surface area (Å²) in [4.78, 5) is 14.0. The summed E-state index contributed by atoms with van der Waals surface area (Å²) < 4.78 is 0. The van der Waals surface area contributed by atoms with E-state index in [0.29, 0.717) is 23.3 Å². The first-order valence-electron chi connectivity index (χ1n) is 9.31. The lowest BCUT2D eigenvalue weighted by molar-refractivity contribution is 0.100. The summed E-state index contributed by atoms with van der Waals surface area (Å²) in [7, 11) is 0. The van der Waals surface area contributed by atoms with Crippen LogP contribution >= 0.6 is 12.4 Å². The molecule has 138 valence electrons. The van der Waals surface area contributed by atoms with Crippen molar-refractivity contribution in [2.45, 2.75) is 32.1 Å². The summed E-state index contributed by atoms with van der Waals surface area (Å²) in [5, 5.41) is 0. The third kappa shape index (κ3) is 3.15. The summed E-state index contributed by atoms with van der Waals surface area (Å²) in [6.07, 6.45) is 1.23. The monoisotopic (exact) mass is 370 g/mol. The van der Waals surface area contributed by atoms with Crippen molar-refractivity contribution < 1.29 is 4.79 Å². The third-order valence-corrected chi connectivity index (χ3v) is 6.16. The Morgan fingerprint density at radius 2 is 1.88 bits per heavy atom. The molecular weight excluding hydrogens is 344 g/mol. The molecule has 2 aromatic carbocycles. The topological polar surface area (TPSA) is 46.3 Å². The average molecular weight is 371 g/mol. The number of likely N-dealkylation sites (tertiary alicyclic amines) is 1. The largest absolute Gasteiger partial charge is 0.366 e. The van der Waals surface area contributed by atoms with Gasteiger partial charge < -0.3 is 10.6 Å². The second-order valence-electron chi connectivity index (χ2n) is 7.55. The van der Waals surface area contributed by atoms with Gasteiger partial charge in [0.2, 0.25) is 5.91 Å². The van der Waals surface area contributed by atoms with Crippen LogP contribution in [0.15, 0.2) is 42.5 Å². The number of piperidine rings is 1. The van der Waals surface area contributed by atoms with Crippen LogP contribution in [0.3, 0.4) is 0 Å². The Labute approximate surface area is 162 Å². The zero-order valence-corrected chi connectivity index (χ0v) is 16.3. The SMILES string of the molecule is CCN1CC[C@H]2[C@H](c3ccc(C(N)=O)cc3)c3cc(C)ccc3[C@H]2C1.Cl. The third-order valence-electron chi connectivity index (χ3n) is 6.16. The summed E-state index contributed by atoms with van der Waals surface area (Å²) in [6.45, 7) is 7.90. The number of aryl methyl sites for hydroxylation is 1. The van der Waals surface area contributed by atoms with Crippen molar-refractivity contribution in [3.63, 3.8) is 0 Å². The maximum absolute atomic E-state index is 11.4. The number of hydrogen-bond acceptors (Lipinski definition) is 2. The number of carbonyl (C=O) groups excluding carboxylic acids is 1. The second-order valence-corrected chi connectivity index (χ2v) is 7.55. The molecule has 0 aromatic heterocycles. The minimum Gasteiger partial charge on any atom is -0.366 e. The molecule has 2 aliphatic rings. The van der Waals surface area contributed by atoms with Crippen LogP contribution in [0.1, 0.15) is 57.8 Å². The fourth-order valence-corrected chi connectivity index (χ4v) is 4.87. The molecule has 0 saturated carbocycles. The van der Waals surface area contributed by atoms with Gasteiger partial charge >= 0.3 is 0 Å². The van der Waals surface area contributed by atoms with Gasteiger partial charge in [-0.25, -0.2) is 0 Å². The van der Waals surface area contributed by atoms with E-state index in [1.165, 1.54) is 35.2 Å². The lowest BCUT2D eigenvalue weighted by atomic mass is 9.78. The molecule has 2 N–H and O–H groups in total. The van der Waals surface area contributed by atoms with Gasteiger partial charge in [0.1, 0.15) is 0 Å². The van der Waals surface area contributed by atoms with Gasteiger partial charge in [-0.1, -0.05) is 42.8 Å². The average Bonchev–Trinajstić information content (AvgIpc) is 2.94. The minimum atomic E-state index is -0.358. The van der Waals surface area contributed by atoms with Crippen LogP contribution in [0.5, 0.6) is 0 Å². The van der Waals surface area contributed by atoms with Crippen molar-refractivity contribution in [3.05, 3.63) is 70.3 Å². The van der Waals surface area contributed by atoms with Gasteiger partial charge in [0.25, 0.3) is 0 Å². The Morgan fingerprint density at radius 1 is 1.15 bits per heavy atom. The molecule has 1 heterocycles. The molecule has 1 aliphatic carbocycles. The maximum Gasteiger partial charge on any atom is 0.248 e. The molecule has 4 rings (SSSR count). The van der Waals surface area contributed by atoms with Gasteiger partial charge in [-0.15, -0.1) is 12.4 Å². The van der Waals surface area contributed by atoms with E-state index in [1.54, 1.807) is 0 Å². The van der Waals surface area contributed by atoms with E-state index >= 15 is 0 Å². The smallest absolute Gasteiger partial charge is 0.248 e. The normalized spacial score (nSPS) is 24.5. The highest BCUT2D eigenvalue weighted by Gasteiger charge is 2.43. The molecule has 4 heteroatoms. The van der Waals surface area contributed by atoms with Crippen molar-refractivity contribution in [2.75, 3.05) is 19.6 Å². The van der Waals surface area contributed by atoms with Gasteiger partial charge in [0.15, 0.2) is 0 Å². The Hall–Kier alpha value is -1.84. The van der Waals surface area contributed by atoms with E-state index in [9.17, 15) is 4.79 Å². The highest BCUT2D eigenvalue weighted by atomic mass is 35.5. The van der Waals surface area contributed by atoms with Crippen molar-refractivity contribution in [1.82, 2.24) is 4.90 Å². The van der Waals surface area contributed by atoms with E-state index in [1.807, 2.05) is 12.1 Å². The predicted molar refractivity (Wildman–Crippen MR) is 108 cm³/mol. The summed E-state index contributed by atoms with van der Waals surface area (Å²) in [5.74, 6) is 1.34. The van der Waals surface area contributed by atoms with Crippen molar-refractivity contribution >= 4 is 18.3 Å². The summed E-state index contributed by atoms with van der Waals surface area (Å²) in [5.41, 5.74) is 11.6. The Bertz CT molecular complexity index is 802. The first-order chi connectivity index (χ1) is 12.1. The first-order valence-corrected chi connectivity index (χ1v) is 9.31. The van der Waals surface area contributed by atoms with Crippen molar-refractivity contribution in [2.24, 2.45) is 11.7 Å². The van der Waals surface area contributed by atoms with Crippen LogP contribution in [0.2, 0.25) is 0 Å². The van der Waals surface area contributed by atoms with Gasteiger partial charge in [-0.3, -0.25) is 4.79 Å². The fourth-order valence-electron chi connectivity index (χ4n) is 4.87. The zero-order chi connectivity index (χ0) is 17.6. The number of rotatable bonds is 3. The lowest BCUT2D eigenvalue weighted by Crippen LogP contribution is -2.38. The van der Waals surface area contributed by atoms with Crippen molar-refractivity contribution in [1.29, 1.82) is 0 Å². The quantitative estimate of drug-likeness (QED) is 0.884. The highest BCUT2D eigenvalue weighted by Crippen LogP contribution is 2.53. The second kappa shape index (κ2) is 7.42. The molecule has 1 saturated heterocycles. The van der Waals surface area contributed by atoms with Crippen molar-refractivity contribution in [3.8, 4) is 0 Å². The first kappa shape index (κ1) is 18.9. The molecule has 0 unspecified atom stereocenters. The van der Waals surface area contributed by atoms with Gasteiger partial charge in [0, 0.05) is 23.9 Å². The lowest BCUT2D eigenvalue weighted by Gasteiger charge is -2.37. The number of nitrogens with zero attached hydrogens (tertiary/aromatic N) is 1. The molecular formula is C22H27ClN2O. The molecule has 1 fully saturated rings. The van der Waals surface area contributed by atoms with E-state index in [0.717, 1.165) is 13.1 Å². The number of nitrogens with two attached hydrogens (primary N) is 1. The zero-order valence-electron chi connectivity index (χ0n) is 15.4. The van der Waals surface area contributed by atoms with E-state index in [4.69, 9.17) is 5.73 Å². The Kier molecular flexibility index (Phi) is 5.40. The molecule has 0 radical (unpaired) electrons. The van der Waals surface area contributed by atoms with Crippen LogP contribution in [0.25, 0.3) is 0 Å². The van der Waals surface area contributed by atoms with E-state index < -0.39 is 0 Å². The minimum absolute atomic E-state index is 0. The molecule has 3 atom stereocenters. The highest BCUT2D eigenvalue weighted by molar-refractivity contribution is 5.92. The maximum atomic E-state index is 11.4. The number of likely N-dealkylation sites (N-methyl/N-ethyl adjacent to an activating group) is 1. The molecule has 1 amide bonds. The molecule has 3 nitrogen and oxygen atoms in total. The van der Waals surface area contributed by atoms with Crippen LogP contribution in [-0.4, -0.2) is 30.4 Å². The summed E-state index contributed by atoms with van der Waals surface area (Å²) in [6, 6.07) is 14.9. The Balaban J connectivity index is 0.00000196. The number of fused-ring (bicyclic) bond motifs is 3. The Morgan fingerprint density at radius 3 is 2.54 bits per heavy atom. The molecule has 1 aliphatic heterocycles. The number of benzene rings is 2. The van der Waals surface area contributed by atoms with E-state index in [2.05, 4.69) is 49.1 Å². The van der Waals surface area contributed by atoms with Crippen LogP contribution in [-0.2, 0) is 0 Å². The molecule has 2 aromatic rings. The fraction of sp³-hybridized carbons (Fsp3) is 0.409. The van der Waals surface area contributed by atoms with Gasteiger partial charge in [0.05, 0.1) is 0 Å².